The van der Waals surface area contributed by atoms with Crippen molar-refractivity contribution in [1.29, 1.82) is 0 Å². The molecule has 3 rings (SSSR count). The third-order valence-corrected chi connectivity index (χ3v) is 5.25. The van der Waals surface area contributed by atoms with E-state index in [0.717, 1.165) is 41.2 Å². The maximum absolute atomic E-state index is 9.54. The molecule has 0 aliphatic rings. The lowest BCUT2D eigenvalue weighted by Crippen LogP contribution is -2.29. The summed E-state index contributed by atoms with van der Waals surface area (Å²) in [6.07, 6.45) is 7.14. The van der Waals surface area contributed by atoms with Crippen molar-refractivity contribution in [2.24, 2.45) is 0 Å². The highest BCUT2D eigenvalue weighted by Crippen LogP contribution is 2.28. The molecule has 142 valence electrons. The molecule has 5 nitrogen and oxygen atoms in total. The summed E-state index contributed by atoms with van der Waals surface area (Å²) < 4.78 is 2.16. The molecule has 0 saturated carbocycles. The molecule has 7 heteroatoms. The van der Waals surface area contributed by atoms with Crippen molar-refractivity contribution in [2.75, 3.05) is 0 Å². The van der Waals surface area contributed by atoms with Gasteiger partial charge in [-0.25, -0.2) is 0 Å². The number of aromatic nitrogens is 1. The molecular formula is C20H27B2NO4. The second-order valence-electron chi connectivity index (χ2n) is 7.22. The van der Waals surface area contributed by atoms with E-state index in [0.29, 0.717) is 10.9 Å². The van der Waals surface area contributed by atoms with Gasteiger partial charge in [-0.1, -0.05) is 63.3 Å². The van der Waals surface area contributed by atoms with Crippen molar-refractivity contribution >= 4 is 47.0 Å². The molecule has 0 aliphatic heterocycles. The van der Waals surface area contributed by atoms with E-state index in [1.807, 2.05) is 24.3 Å². The Morgan fingerprint density at radius 2 is 1.19 bits per heavy atom. The van der Waals surface area contributed by atoms with Gasteiger partial charge in [-0.05, 0) is 29.5 Å². The lowest BCUT2D eigenvalue weighted by atomic mass is 9.79. The van der Waals surface area contributed by atoms with Gasteiger partial charge in [-0.15, -0.1) is 0 Å². The van der Waals surface area contributed by atoms with Gasteiger partial charge in [0.1, 0.15) is 0 Å². The van der Waals surface area contributed by atoms with Crippen LogP contribution in [0.1, 0.15) is 45.4 Å². The first-order valence-electron chi connectivity index (χ1n) is 9.81. The van der Waals surface area contributed by atoms with Gasteiger partial charge >= 0.3 is 14.2 Å². The van der Waals surface area contributed by atoms with Crippen LogP contribution in [0.2, 0.25) is 0 Å². The van der Waals surface area contributed by atoms with Crippen molar-refractivity contribution in [2.45, 2.75) is 52.0 Å². The normalized spacial score (nSPS) is 11.4. The average molecular weight is 367 g/mol. The van der Waals surface area contributed by atoms with Crippen molar-refractivity contribution in [3.8, 4) is 0 Å². The summed E-state index contributed by atoms with van der Waals surface area (Å²) in [5, 5.41) is 40.2. The molecule has 0 unspecified atom stereocenters. The molecular weight excluding hydrogens is 340 g/mol. The van der Waals surface area contributed by atoms with Crippen LogP contribution in [0.5, 0.6) is 0 Å². The number of unbranched alkanes of at least 4 members (excludes halogenated alkanes) is 5. The SMILES string of the molecule is CCCCCCCCn1c2cc(B(O)O)ccc2c2ccc(B(O)O)cc21. The van der Waals surface area contributed by atoms with Gasteiger partial charge in [0.15, 0.2) is 0 Å². The topological polar surface area (TPSA) is 85.9 Å². The van der Waals surface area contributed by atoms with E-state index >= 15 is 0 Å². The van der Waals surface area contributed by atoms with Crippen LogP contribution < -0.4 is 10.9 Å². The Morgan fingerprint density at radius 3 is 1.67 bits per heavy atom. The minimum Gasteiger partial charge on any atom is -0.423 e. The first-order chi connectivity index (χ1) is 13.0. The lowest BCUT2D eigenvalue weighted by Gasteiger charge is -2.09. The number of nitrogens with zero attached hydrogens (tertiary/aromatic N) is 1. The van der Waals surface area contributed by atoms with Crippen molar-refractivity contribution in [3.63, 3.8) is 0 Å². The average Bonchev–Trinajstić information content (AvgIpc) is 2.97. The molecule has 0 fully saturated rings. The van der Waals surface area contributed by atoms with Crippen LogP contribution in [-0.2, 0) is 6.54 Å². The van der Waals surface area contributed by atoms with E-state index in [4.69, 9.17) is 0 Å². The molecule has 3 aromatic rings. The highest BCUT2D eigenvalue weighted by Gasteiger charge is 2.18. The largest absolute Gasteiger partial charge is 0.488 e. The van der Waals surface area contributed by atoms with Gasteiger partial charge in [0.05, 0.1) is 0 Å². The Hall–Kier alpha value is -1.79. The summed E-state index contributed by atoms with van der Waals surface area (Å²) in [5.41, 5.74) is 2.79. The van der Waals surface area contributed by atoms with Crippen molar-refractivity contribution in [3.05, 3.63) is 36.4 Å². The van der Waals surface area contributed by atoms with Gasteiger partial charge in [-0.3, -0.25) is 0 Å². The number of hydrogen-bond donors (Lipinski definition) is 4. The smallest absolute Gasteiger partial charge is 0.423 e. The lowest BCUT2D eigenvalue weighted by molar-refractivity contribution is 0.424. The number of fused-ring (bicyclic) bond motifs is 3. The monoisotopic (exact) mass is 367 g/mol. The Morgan fingerprint density at radius 1 is 0.704 bits per heavy atom. The zero-order valence-corrected chi connectivity index (χ0v) is 15.8. The van der Waals surface area contributed by atoms with Crippen LogP contribution in [0.25, 0.3) is 21.8 Å². The first-order valence-corrected chi connectivity index (χ1v) is 9.81. The van der Waals surface area contributed by atoms with Gasteiger partial charge in [0.2, 0.25) is 0 Å². The van der Waals surface area contributed by atoms with Crippen LogP contribution in [-0.4, -0.2) is 38.9 Å². The summed E-state index contributed by atoms with van der Waals surface area (Å²) in [7, 11) is -3.02. The summed E-state index contributed by atoms with van der Waals surface area (Å²) >= 11 is 0. The predicted molar refractivity (Wildman–Crippen MR) is 112 cm³/mol. The highest BCUT2D eigenvalue weighted by molar-refractivity contribution is 6.59. The Bertz CT molecular complexity index is 843. The summed E-state index contributed by atoms with van der Waals surface area (Å²) in [6.45, 7) is 3.01. The van der Waals surface area contributed by atoms with E-state index in [2.05, 4.69) is 11.5 Å². The second kappa shape index (κ2) is 8.93. The number of aryl methyl sites for hydroxylation is 1. The fraction of sp³-hybridized carbons (Fsp3) is 0.400. The molecule has 0 radical (unpaired) electrons. The van der Waals surface area contributed by atoms with Gasteiger partial charge in [0, 0.05) is 28.4 Å². The maximum atomic E-state index is 9.54. The van der Waals surface area contributed by atoms with E-state index < -0.39 is 14.2 Å². The van der Waals surface area contributed by atoms with E-state index in [-0.39, 0.29) is 0 Å². The van der Waals surface area contributed by atoms with E-state index in [9.17, 15) is 20.1 Å². The molecule has 0 saturated heterocycles. The Balaban J connectivity index is 1.99. The molecule has 0 bridgehead atoms. The van der Waals surface area contributed by atoms with Gasteiger partial charge < -0.3 is 24.7 Å². The van der Waals surface area contributed by atoms with Crippen LogP contribution in [0, 0.1) is 0 Å². The minimum absolute atomic E-state index is 0.455. The molecule has 4 N–H and O–H groups in total. The van der Waals surface area contributed by atoms with E-state index in [1.54, 1.807) is 12.1 Å². The van der Waals surface area contributed by atoms with Crippen LogP contribution in [0.3, 0.4) is 0 Å². The van der Waals surface area contributed by atoms with Crippen LogP contribution >= 0.6 is 0 Å². The predicted octanol–water partition coefficient (Wildman–Crippen LogP) is 1.51. The zero-order valence-electron chi connectivity index (χ0n) is 15.8. The summed E-state index contributed by atoms with van der Waals surface area (Å²) in [4.78, 5) is 0. The highest BCUT2D eigenvalue weighted by atomic mass is 16.4. The third kappa shape index (κ3) is 4.38. The second-order valence-corrected chi connectivity index (χ2v) is 7.22. The fourth-order valence-electron chi connectivity index (χ4n) is 3.74. The molecule has 27 heavy (non-hydrogen) atoms. The number of rotatable bonds is 9. The van der Waals surface area contributed by atoms with Gasteiger partial charge in [-0.2, -0.15) is 0 Å². The molecule has 0 aliphatic carbocycles. The quantitative estimate of drug-likeness (QED) is 0.341. The molecule has 1 heterocycles. The summed E-state index contributed by atoms with van der Waals surface area (Å²) in [5.74, 6) is 0. The standard InChI is InChI=1S/C20H27B2NO4/c1-2-3-4-5-6-7-12-23-19-13-15(21(24)25)8-10-17(19)18-11-9-16(22(26)27)14-20(18)23/h8-11,13-14,24-27H,2-7,12H2,1H3. The van der Waals surface area contributed by atoms with Crippen LogP contribution in [0.15, 0.2) is 36.4 Å². The zero-order chi connectivity index (χ0) is 19.4. The molecule has 0 amide bonds. The molecule has 0 spiro atoms. The fourth-order valence-corrected chi connectivity index (χ4v) is 3.74. The van der Waals surface area contributed by atoms with Crippen molar-refractivity contribution < 1.29 is 20.1 Å². The van der Waals surface area contributed by atoms with E-state index in [1.165, 1.54) is 25.7 Å². The third-order valence-electron chi connectivity index (χ3n) is 5.25. The summed E-state index contributed by atoms with van der Waals surface area (Å²) in [6, 6.07) is 10.9. The minimum atomic E-state index is -1.51. The number of hydrogen-bond acceptors (Lipinski definition) is 4. The maximum Gasteiger partial charge on any atom is 0.488 e. The van der Waals surface area contributed by atoms with Crippen molar-refractivity contribution in [1.82, 2.24) is 4.57 Å². The Labute approximate surface area is 160 Å². The molecule has 0 atom stereocenters. The first kappa shape index (κ1) is 20.0. The molecule has 2 aromatic carbocycles. The Kier molecular flexibility index (Phi) is 6.60. The van der Waals surface area contributed by atoms with Gasteiger partial charge in [0.25, 0.3) is 0 Å². The molecule has 1 aromatic heterocycles. The number of benzene rings is 2. The van der Waals surface area contributed by atoms with Crippen LogP contribution in [0.4, 0.5) is 0 Å².